The second kappa shape index (κ2) is 8.54. The number of benzene rings is 3. The summed E-state index contributed by atoms with van der Waals surface area (Å²) in [6.07, 6.45) is 0. The molecule has 0 spiro atoms. The maximum absolute atomic E-state index is 13.7. The zero-order valence-electron chi connectivity index (χ0n) is 18.7. The standard InChI is InChI=1S/C27H22ClNO5/c1-3-33-22-12-17(9-10-20(22)30)24-23-25(31)18-13-19(28)15(2)11-21(18)34-26(23)27(32)29(24)14-16-7-5-4-6-8-16/h4-13,24,30H,3,14H2,1-2H3/t24-/m1/s1. The van der Waals surface area contributed by atoms with Gasteiger partial charge in [-0.05, 0) is 54.8 Å². The molecule has 3 aromatic carbocycles. The summed E-state index contributed by atoms with van der Waals surface area (Å²) in [5.74, 6) is -0.0883. The highest BCUT2D eigenvalue weighted by molar-refractivity contribution is 6.32. The van der Waals surface area contributed by atoms with Gasteiger partial charge in [-0.25, -0.2) is 0 Å². The van der Waals surface area contributed by atoms with E-state index >= 15 is 0 Å². The van der Waals surface area contributed by atoms with Gasteiger partial charge in [0.15, 0.2) is 16.9 Å². The molecule has 0 fully saturated rings. The fourth-order valence-electron chi connectivity index (χ4n) is 4.40. The average molecular weight is 476 g/mol. The molecule has 1 aliphatic rings. The van der Waals surface area contributed by atoms with Crippen molar-refractivity contribution in [2.45, 2.75) is 26.4 Å². The molecule has 1 amide bonds. The normalized spacial score (nSPS) is 15.1. The molecule has 0 saturated carbocycles. The van der Waals surface area contributed by atoms with Gasteiger partial charge in [-0.15, -0.1) is 0 Å². The van der Waals surface area contributed by atoms with Gasteiger partial charge in [-0.2, -0.15) is 0 Å². The minimum atomic E-state index is -0.719. The predicted octanol–water partition coefficient (Wildman–Crippen LogP) is 5.60. The molecule has 1 aliphatic heterocycles. The number of amides is 1. The third-order valence-electron chi connectivity index (χ3n) is 6.04. The van der Waals surface area contributed by atoms with Crippen molar-refractivity contribution in [1.82, 2.24) is 4.90 Å². The van der Waals surface area contributed by atoms with E-state index in [4.69, 9.17) is 20.8 Å². The van der Waals surface area contributed by atoms with Crippen molar-refractivity contribution in [2.24, 2.45) is 0 Å². The van der Waals surface area contributed by atoms with Gasteiger partial charge in [0.2, 0.25) is 5.76 Å². The number of ether oxygens (including phenoxy) is 1. The number of halogens is 1. The molecule has 172 valence electrons. The number of aromatic hydroxyl groups is 1. The SMILES string of the molecule is CCOc1cc([C@@H]2c3c(oc4cc(C)c(Cl)cc4c3=O)C(=O)N2Cc2ccccc2)ccc1O. The number of phenolic OH excluding ortho intramolecular Hbond substituents is 1. The van der Waals surface area contributed by atoms with Crippen LogP contribution in [0.4, 0.5) is 0 Å². The highest BCUT2D eigenvalue weighted by Gasteiger charge is 2.43. The summed E-state index contributed by atoms with van der Waals surface area (Å²) in [4.78, 5) is 28.9. The van der Waals surface area contributed by atoms with E-state index in [1.54, 1.807) is 29.2 Å². The number of phenols is 1. The lowest BCUT2D eigenvalue weighted by atomic mass is 9.97. The zero-order valence-corrected chi connectivity index (χ0v) is 19.4. The molecule has 1 N–H and O–H groups in total. The van der Waals surface area contributed by atoms with Gasteiger partial charge in [0, 0.05) is 11.6 Å². The number of fused-ring (bicyclic) bond motifs is 2. The molecule has 1 atom stereocenters. The van der Waals surface area contributed by atoms with Crippen LogP contribution >= 0.6 is 11.6 Å². The van der Waals surface area contributed by atoms with Crippen molar-refractivity contribution < 1.29 is 19.1 Å². The summed E-state index contributed by atoms with van der Waals surface area (Å²) in [5, 5.41) is 11.0. The Morgan fingerprint density at radius 1 is 1.09 bits per heavy atom. The molecule has 0 saturated heterocycles. The quantitative estimate of drug-likeness (QED) is 0.406. The van der Waals surface area contributed by atoms with Crippen LogP contribution < -0.4 is 10.2 Å². The van der Waals surface area contributed by atoms with E-state index in [-0.39, 0.29) is 40.7 Å². The summed E-state index contributed by atoms with van der Waals surface area (Å²) in [6, 6.07) is 16.9. The first-order chi connectivity index (χ1) is 16.4. The van der Waals surface area contributed by atoms with Crippen LogP contribution in [-0.2, 0) is 6.54 Å². The molecular weight excluding hydrogens is 454 g/mol. The van der Waals surface area contributed by atoms with Gasteiger partial charge >= 0.3 is 0 Å². The van der Waals surface area contributed by atoms with Gasteiger partial charge < -0.3 is 19.2 Å². The van der Waals surface area contributed by atoms with E-state index < -0.39 is 6.04 Å². The lowest BCUT2D eigenvalue weighted by Gasteiger charge is -2.25. The molecule has 2 heterocycles. The van der Waals surface area contributed by atoms with E-state index in [2.05, 4.69) is 0 Å². The van der Waals surface area contributed by atoms with Crippen molar-refractivity contribution in [3.05, 3.63) is 104 Å². The third-order valence-corrected chi connectivity index (χ3v) is 6.45. The first kappa shape index (κ1) is 22.0. The van der Waals surface area contributed by atoms with Crippen molar-refractivity contribution >= 4 is 28.5 Å². The predicted molar refractivity (Wildman–Crippen MR) is 130 cm³/mol. The summed E-state index contributed by atoms with van der Waals surface area (Å²) in [5.41, 5.74) is 2.56. The van der Waals surface area contributed by atoms with E-state index in [1.165, 1.54) is 6.07 Å². The van der Waals surface area contributed by atoms with Crippen LogP contribution in [0.1, 0.15) is 45.8 Å². The Balaban J connectivity index is 1.75. The van der Waals surface area contributed by atoms with Gasteiger partial charge in [-0.1, -0.05) is 48.0 Å². The summed E-state index contributed by atoms with van der Waals surface area (Å²) in [6.45, 7) is 4.26. The van der Waals surface area contributed by atoms with Crippen molar-refractivity contribution in [3.63, 3.8) is 0 Å². The topological polar surface area (TPSA) is 80.0 Å². The van der Waals surface area contributed by atoms with E-state index in [0.29, 0.717) is 28.2 Å². The second-order valence-electron chi connectivity index (χ2n) is 8.25. The van der Waals surface area contributed by atoms with Crippen LogP contribution in [0.15, 0.2) is 69.9 Å². The molecule has 0 aliphatic carbocycles. The fourth-order valence-corrected chi connectivity index (χ4v) is 4.57. The van der Waals surface area contributed by atoms with Crippen molar-refractivity contribution in [3.8, 4) is 11.5 Å². The van der Waals surface area contributed by atoms with Crippen LogP contribution in [0.25, 0.3) is 11.0 Å². The Morgan fingerprint density at radius 3 is 2.59 bits per heavy atom. The Labute approximate surface area is 201 Å². The number of nitrogens with zero attached hydrogens (tertiary/aromatic N) is 1. The van der Waals surface area contributed by atoms with E-state index in [9.17, 15) is 14.7 Å². The van der Waals surface area contributed by atoms with Crippen LogP contribution in [0.2, 0.25) is 5.02 Å². The minimum absolute atomic E-state index is 0.0161. The maximum atomic E-state index is 13.7. The summed E-state index contributed by atoms with van der Waals surface area (Å²) >= 11 is 6.30. The molecule has 6 nitrogen and oxygen atoms in total. The number of hydrogen-bond acceptors (Lipinski definition) is 5. The molecule has 4 aromatic rings. The molecule has 1 aromatic heterocycles. The van der Waals surface area contributed by atoms with Crippen molar-refractivity contribution in [1.29, 1.82) is 0 Å². The van der Waals surface area contributed by atoms with Gasteiger partial charge in [0.25, 0.3) is 5.91 Å². The number of carbonyl (C=O) groups excluding carboxylic acids is 1. The number of rotatable bonds is 5. The molecule has 0 unspecified atom stereocenters. The Bertz CT molecular complexity index is 1480. The van der Waals surface area contributed by atoms with Crippen LogP contribution in [0.5, 0.6) is 11.5 Å². The van der Waals surface area contributed by atoms with Crippen molar-refractivity contribution in [2.75, 3.05) is 6.61 Å². The maximum Gasteiger partial charge on any atom is 0.291 e. The molecule has 34 heavy (non-hydrogen) atoms. The Hall–Kier alpha value is -3.77. The highest BCUT2D eigenvalue weighted by Crippen LogP contribution is 2.41. The van der Waals surface area contributed by atoms with Crippen LogP contribution in [0.3, 0.4) is 0 Å². The molecule has 0 radical (unpaired) electrons. The Morgan fingerprint density at radius 2 is 1.85 bits per heavy atom. The monoisotopic (exact) mass is 475 g/mol. The smallest absolute Gasteiger partial charge is 0.291 e. The molecule has 0 bridgehead atoms. The van der Waals surface area contributed by atoms with Crippen LogP contribution in [-0.4, -0.2) is 22.5 Å². The van der Waals surface area contributed by atoms with Gasteiger partial charge in [0.1, 0.15) is 5.58 Å². The number of aryl methyl sites for hydroxylation is 1. The summed E-state index contributed by atoms with van der Waals surface area (Å²) in [7, 11) is 0. The molecular formula is C27H22ClNO5. The van der Waals surface area contributed by atoms with Crippen LogP contribution in [0, 0.1) is 6.92 Å². The lowest BCUT2D eigenvalue weighted by molar-refractivity contribution is 0.0714. The van der Waals surface area contributed by atoms with E-state index in [0.717, 1.165) is 11.1 Å². The Kier molecular flexibility index (Phi) is 5.54. The fraction of sp³-hybridized carbons (Fsp3) is 0.185. The number of carbonyl (C=O) groups is 1. The van der Waals surface area contributed by atoms with Gasteiger partial charge in [-0.3, -0.25) is 9.59 Å². The molecule has 5 rings (SSSR count). The van der Waals surface area contributed by atoms with Gasteiger partial charge in [0.05, 0.1) is 23.6 Å². The lowest BCUT2D eigenvalue weighted by Crippen LogP contribution is -2.29. The third kappa shape index (κ3) is 3.60. The first-order valence-corrected chi connectivity index (χ1v) is 11.3. The first-order valence-electron chi connectivity index (χ1n) is 11.0. The summed E-state index contributed by atoms with van der Waals surface area (Å²) < 4.78 is 11.6. The zero-order chi connectivity index (χ0) is 24.0. The average Bonchev–Trinajstić information content (AvgIpc) is 3.09. The second-order valence-corrected chi connectivity index (χ2v) is 8.66. The largest absolute Gasteiger partial charge is 0.504 e. The number of hydrogen-bond donors (Lipinski definition) is 1. The minimum Gasteiger partial charge on any atom is -0.504 e. The highest BCUT2D eigenvalue weighted by atomic mass is 35.5. The van der Waals surface area contributed by atoms with E-state index in [1.807, 2.05) is 44.2 Å². The molecule has 7 heteroatoms.